The van der Waals surface area contributed by atoms with Gasteiger partial charge in [0.1, 0.15) is 0 Å². The fraction of sp³-hybridized carbons (Fsp3) is 0.0877. The van der Waals surface area contributed by atoms with Crippen LogP contribution in [0.5, 0.6) is 0 Å². The minimum Gasteiger partial charge on any atom is -0.331 e. The molecule has 0 spiro atoms. The molecule has 3 aliphatic rings. The molecule has 4 nitrogen and oxygen atoms in total. The van der Waals surface area contributed by atoms with Crippen LogP contribution in [-0.4, -0.2) is 20.1 Å². The van der Waals surface area contributed by atoms with Crippen molar-refractivity contribution in [1.82, 2.24) is 14.5 Å². The van der Waals surface area contributed by atoms with Gasteiger partial charge in [0.25, 0.3) is 0 Å². The molecule has 2 unspecified atom stereocenters. The van der Waals surface area contributed by atoms with Crippen molar-refractivity contribution in [3.05, 3.63) is 210 Å². The van der Waals surface area contributed by atoms with E-state index in [1.54, 1.807) is 0 Å². The predicted octanol–water partition coefficient (Wildman–Crippen LogP) is 14.9. The number of para-hydroxylation sites is 2. The maximum Gasteiger partial charge on any atom is 0.235 e. The molecule has 0 amide bonds. The minimum atomic E-state index is -0.240. The zero-order chi connectivity index (χ0) is 40.9. The van der Waals surface area contributed by atoms with Gasteiger partial charge in [0, 0.05) is 59.4 Å². The van der Waals surface area contributed by atoms with E-state index in [0.29, 0.717) is 5.95 Å². The molecule has 294 valence electrons. The van der Waals surface area contributed by atoms with E-state index in [1.165, 1.54) is 75.7 Å². The van der Waals surface area contributed by atoms with Crippen molar-refractivity contribution in [3.8, 4) is 28.3 Å². The van der Waals surface area contributed by atoms with Crippen LogP contribution in [0.4, 0.5) is 11.4 Å². The Bertz CT molecular complexity index is 3540. The number of benzene rings is 7. The summed E-state index contributed by atoms with van der Waals surface area (Å²) >= 11 is 1.88. The third-order valence-electron chi connectivity index (χ3n) is 13.5. The number of allylic oxidation sites excluding steroid dienone is 3. The van der Waals surface area contributed by atoms with Crippen molar-refractivity contribution >= 4 is 76.3 Å². The standard InChI is InChI=1S/C57H40N4S/c1-57-33-32-40(35-47(57)44-19-9-12-22-50(44)61(57)41-16-6-3-7-17-41)39-28-30-49-46(34-39)53-51(31-29-43-42-18-10-13-23-52(42)62-55(43)53)60(49)56-58-48-21-11-8-20-45(48)54(59-56)38-26-24-37(25-27-38)36-14-4-2-5-15-36/h2-7,9-19,21-35,47H,8,20H2,1H3. The molecule has 0 saturated carbocycles. The highest BCUT2D eigenvalue weighted by molar-refractivity contribution is 7.26. The maximum atomic E-state index is 5.53. The topological polar surface area (TPSA) is 34.0 Å². The summed E-state index contributed by atoms with van der Waals surface area (Å²) in [6.07, 6.45) is 13.6. The SMILES string of the molecule is CC12C=CC(c3ccc4c(c3)c3c5sc6ccccc6c5ccc3n4-c3nc4c(c(-c5ccc(-c6ccccc6)cc5)n3)CCC=C4)=CC1c1ccccc1N2c1ccccc1. The lowest BCUT2D eigenvalue weighted by atomic mass is 9.77. The number of fused-ring (bicyclic) bond motifs is 11. The van der Waals surface area contributed by atoms with Crippen LogP contribution in [0.3, 0.4) is 0 Å². The highest BCUT2D eigenvalue weighted by Crippen LogP contribution is 2.55. The summed E-state index contributed by atoms with van der Waals surface area (Å²) < 4.78 is 4.90. The van der Waals surface area contributed by atoms with Crippen LogP contribution >= 0.6 is 11.3 Å². The first-order chi connectivity index (χ1) is 30.6. The molecule has 7 aromatic carbocycles. The van der Waals surface area contributed by atoms with E-state index in [-0.39, 0.29) is 11.5 Å². The van der Waals surface area contributed by atoms with Gasteiger partial charge in [0.05, 0.1) is 28.0 Å². The number of hydrogen-bond acceptors (Lipinski definition) is 4. The molecule has 0 fully saturated rings. The molecule has 2 aliphatic carbocycles. The van der Waals surface area contributed by atoms with Crippen molar-refractivity contribution < 1.29 is 0 Å². The van der Waals surface area contributed by atoms with E-state index in [1.807, 2.05) is 11.3 Å². The van der Waals surface area contributed by atoms with Crippen LogP contribution in [0.15, 0.2) is 188 Å². The summed E-state index contributed by atoms with van der Waals surface area (Å²) in [7, 11) is 0. The number of anilines is 2. The third-order valence-corrected chi connectivity index (χ3v) is 14.7. The Kier molecular flexibility index (Phi) is 7.76. The molecule has 10 aromatic rings. The predicted molar refractivity (Wildman–Crippen MR) is 261 cm³/mol. The van der Waals surface area contributed by atoms with Crippen molar-refractivity contribution in [2.45, 2.75) is 31.2 Å². The van der Waals surface area contributed by atoms with Gasteiger partial charge >= 0.3 is 0 Å². The van der Waals surface area contributed by atoms with E-state index in [4.69, 9.17) is 9.97 Å². The van der Waals surface area contributed by atoms with Crippen LogP contribution in [0, 0.1) is 0 Å². The summed E-state index contributed by atoms with van der Waals surface area (Å²) in [6, 6.07) is 59.6. The fourth-order valence-corrected chi connectivity index (χ4v) is 11.8. The molecule has 2 atom stereocenters. The van der Waals surface area contributed by atoms with Crippen LogP contribution in [0.25, 0.3) is 82.0 Å². The number of rotatable bonds is 5. The average molecular weight is 813 g/mol. The quantitative estimate of drug-likeness (QED) is 0.174. The van der Waals surface area contributed by atoms with Crippen LogP contribution in [0.2, 0.25) is 0 Å². The van der Waals surface area contributed by atoms with E-state index in [9.17, 15) is 0 Å². The van der Waals surface area contributed by atoms with Gasteiger partial charge in [-0.15, -0.1) is 11.3 Å². The highest BCUT2D eigenvalue weighted by Gasteiger charge is 2.47. The Labute approximate surface area is 364 Å². The highest BCUT2D eigenvalue weighted by atomic mass is 32.1. The third kappa shape index (κ3) is 5.25. The Morgan fingerprint density at radius 2 is 1.35 bits per heavy atom. The van der Waals surface area contributed by atoms with Gasteiger partial charge in [-0.1, -0.05) is 146 Å². The molecule has 0 bridgehead atoms. The largest absolute Gasteiger partial charge is 0.331 e. The zero-order valence-electron chi connectivity index (χ0n) is 34.2. The van der Waals surface area contributed by atoms with E-state index in [2.05, 4.69) is 211 Å². The number of nitrogens with zero attached hydrogens (tertiary/aromatic N) is 4. The van der Waals surface area contributed by atoms with Gasteiger partial charge in [-0.25, -0.2) is 9.97 Å². The van der Waals surface area contributed by atoms with Gasteiger partial charge in [-0.3, -0.25) is 4.57 Å². The Morgan fingerprint density at radius 3 is 2.23 bits per heavy atom. The Balaban J connectivity index is 1.01. The Morgan fingerprint density at radius 1 is 0.629 bits per heavy atom. The van der Waals surface area contributed by atoms with Gasteiger partial charge in [-0.2, -0.15) is 0 Å². The van der Waals surface area contributed by atoms with Crippen molar-refractivity contribution in [3.63, 3.8) is 0 Å². The molecule has 5 heteroatoms. The lowest BCUT2D eigenvalue weighted by Crippen LogP contribution is -2.42. The second kappa shape index (κ2) is 13.6. The zero-order valence-corrected chi connectivity index (χ0v) is 35.0. The molecular formula is C57H40N4S. The van der Waals surface area contributed by atoms with Crippen LogP contribution in [-0.2, 0) is 6.42 Å². The second-order valence-corrected chi connectivity index (χ2v) is 18.1. The summed E-state index contributed by atoms with van der Waals surface area (Å²) in [6.45, 7) is 2.38. The number of thiophene rings is 1. The first-order valence-electron chi connectivity index (χ1n) is 21.6. The van der Waals surface area contributed by atoms with Gasteiger partial charge in [0.15, 0.2) is 0 Å². The van der Waals surface area contributed by atoms with Crippen molar-refractivity contribution in [2.24, 2.45) is 0 Å². The molecule has 13 rings (SSSR count). The summed E-state index contributed by atoms with van der Waals surface area (Å²) in [5.74, 6) is 0.879. The maximum absolute atomic E-state index is 5.53. The monoisotopic (exact) mass is 812 g/mol. The van der Waals surface area contributed by atoms with Gasteiger partial charge < -0.3 is 4.90 Å². The first-order valence-corrected chi connectivity index (χ1v) is 22.4. The minimum absolute atomic E-state index is 0.183. The van der Waals surface area contributed by atoms with E-state index in [0.717, 1.165) is 40.8 Å². The molecule has 0 N–H and O–H groups in total. The molecule has 62 heavy (non-hydrogen) atoms. The average Bonchev–Trinajstić information content (AvgIpc) is 3.96. The van der Waals surface area contributed by atoms with E-state index >= 15 is 0 Å². The van der Waals surface area contributed by atoms with E-state index < -0.39 is 0 Å². The van der Waals surface area contributed by atoms with Crippen LogP contribution in [0.1, 0.15) is 41.6 Å². The number of aromatic nitrogens is 3. The molecule has 3 aromatic heterocycles. The van der Waals surface area contributed by atoms with Gasteiger partial charge in [-0.05, 0) is 96.1 Å². The molecule has 0 radical (unpaired) electrons. The lowest BCUT2D eigenvalue weighted by Gasteiger charge is -2.40. The van der Waals surface area contributed by atoms with Gasteiger partial charge in [0.2, 0.25) is 5.95 Å². The Hall–Kier alpha value is -7.34. The number of hydrogen-bond donors (Lipinski definition) is 0. The molecule has 0 saturated heterocycles. The summed E-state index contributed by atoms with van der Waals surface area (Å²) in [5.41, 5.74) is 15.0. The molecule has 1 aliphatic heterocycles. The molecule has 4 heterocycles. The van der Waals surface area contributed by atoms with Crippen molar-refractivity contribution in [1.29, 1.82) is 0 Å². The molecular weight excluding hydrogens is 773 g/mol. The smallest absolute Gasteiger partial charge is 0.235 e. The first kappa shape index (κ1) is 35.4. The van der Waals surface area contributed by atoms with Crippen LogP contribution < -0.4 is 4.90 Å². The van der Waals surface area contributed by atoms with Crippen molar-refractivity contribution in [2.75, 3.05) is 4.90 Å². The summed E-state index contributed by atoms with van der Waals surface area (Å²) in [5, 5.41) is 5.04. The fourth-order valence-electron chi connectivity index (χ4n) is 10.6. The second-order valence-electron chi connectivity index (χ2n) is 17.0. The normalized spacial score (nSPS) is 17.8. The lowest BCUT2D eigenvalue weighted by molar-refractivity contribution is 0.544. The summed E-state index contributed by atoms with van der Waals surface area (Å²) in [4.78, 5) is 13.4.